The van der Waals surface area contributed by atoms with Crippen LogP contribution in [0.4, 0.5) is 0 Å². The molecule has 0 amide bonds. The van der Waals surface area contributed by atoms with Crippen LogP contribution in [0.3, 0.4) is 0 Å². The van der Waals surface area contributed by atoms with Crippen molar-refractivity contribution >= 4 is 27.5 Å². The molecule has 1 heterocycles. The van der Waals surface area contributed by atoms with Crippen molar-refractivity contribution in [2.45, 2.75) is 39.3 Å². The molecule has 0 aliphatic rings. The van der Waals surface area contributed by atoms with Crippen molar-refractivity contribution < 1.29 is 0 Å². The van der Waals surface area contributed by atoms with Crippen LogP contribution in [0.1, 0.15) is 37.7 Å². The highest BCUT2D eigenvalue weighted by Crippen LogP contribution is 2.28. The molecule has 0 aliphatic heterocycles. The van der Waals surface area contributed by atoms with Gasteiger partial charge in [-0.05, 0) is 37.6 Å². The maximum Gasteiger partial charge on any atom is 0.138 e. The molecule has 0 aliphatic carbocycles. The van der Waals surface area contributed by atoms with E-state index in [1.807, 2.05) is 16.8 Å². The van der Waals surface area contributed by atoms with Crippen molar-refractivity contribution in [2.75, 3.05) is 6.54 Å². The molecular formula is C15H20BrClN4. The average Bonchev–Trinajstić information content (AvgIpc) is 2.91. The summed E-state index contributed by atoms with van der Waals surface area (Å²) in [7, 11) is 0. The van der Waals surface area contributed by atoms with E-state index in [2.05, 4.69) is 51.2 Å². The number of nitrogens with one attached hydrogen (secondary N) is 1. The van der Waals surface area contributed by atoms with Crippen molar-refractivity contribution in [1.29, 1.82) is 0 Å². The molecule has 114 valence electrons. The molecule has 1 unspecified atom stereocenters. The fourth-order valence-electron chi connectivity index (χ4n) is 2.29. The van der Waals surface area contributed by atoms with Gasteiger partial charge in [0.2, 0.25) is 0 Å². The second-order valence-corrected chi connectivity index (χ2v) is 6.16. The summed E-state index contributed by atoms with van der Waals surface area (Å²) in [5, 5.41) is 8.56. The Bertz CT molecular complexity index is 585. The maximum absolute atomic E-state index is 6.04. The first-order valence-electron chi connectivity index (χ1n) is 7.20. The van der Waals surface area contributed by atoms with Crippen LogP contribution in [0.25, 0.3) is 0 Å². The first-order valence-corrected chi connectivity index (χ1v) is 8.37. The molecule has 0 radical (unpaired) electrons. The highest BCUT2D eigenvalue weighted by Gasteiger charge is 2.17. The molecule has 1 aromatic carbocycles. The summed E-state index contributed by atoms with van der Waals surface area (Å²) in [6.07, 6.45) is 3.50. The lowest BCUT2D eigenvalue weighted by Crippen LogP contribution is -2.25. The second-order valence-electron chi connectivity index (χ2n) is 4.87. The zero-order chi connectivity index (χ0) is 15.2. The average molecular weight is 372 g/mol. The zero-order valence-electron chi connectivity index (χ0n) is 12.3. The Morgan fingerprint density at radius 3 is 2.86 bits per heavy atom. The van der Waals surface area contributed by atoms with Crippen LogP contribution in [0.15, 0.2) is 29.0 Å². The van der Waals surface area contributed by atoms with E-state index in [4.69, 9.17) is 11.6 Å². The number of halogens is 2. The predicted molar refractivity (Wildman–Crippen MR) is 89.6 cm³/mol. The lowest BCUT2D eigenvalue weighted by Gasteiger charge is -2.20. The number of hydrogen-bond acceptors (Lipinski definition) is 3. The summed E-state index contributed by atoms with van der Waals surface area (Å²) < 4.78 is 2.95. The van der Waals surface area contributed by atoms with E-state index >= 15 is 0 Å². The smallest absolute Gasteiger partial charge is 0.138 e. The van der Waals surface area contributed by atoms with Crippen molar-refractivity contribution in [3.05, 3.63) is 45.4 Å². The zero-order valence-corrected chi connectivity index (χ0v) is 14.7. The van der Waals surface area contributed by atoms with E-state index in [0.29, 0.717) is 0 Å². The molecule has 1 aromatic heterocycles. The summed E-state index contributed by atoms with van der Waals surface area (Å²) in [5.41, 5.74) is 1.19. The third-order valence-corrected chi connectivity index (χ3v) is 4.28. The second kappa shape index (κ2) is 7.92. The third-order valence-electron chi connectivity index (χ3n) is 3.36. The Morgan fingerprint density at radius 2 is 2.19 bits per heavy atom. The van der Waals surface area contributed by atoms with Crippen LogP contribution in [0.2, 0.25) is 5.02 Å². The van der Waals surface area contributed by atoms with Gasteiger partial charge >= 0.3 is 0 Å². The molecule has 6 heteroatoms. The normalized spacial score (nSPS) is 12.6. The Hall–Kier alpha value is -0.910. The Balaban J connectivity index is 2.25. The van der Waals surface area contributed by atoms with Gasteiger partial charge in [0.1, 0.15) is 12.2 Å². The molecule has 4 nitrogen and oxygen atoms in total. The van der Waals surface area contributed by atoms with E-state index < -0.39 is 0 Å². The molecular weight excluding hydrogens is 352 g/mol. The SMILES string of the molecule is CCCNC(Cc1ncnn1CC)c1ccc(Cl)cc1Br. The van der Waals surface area contributed by atoms with E-state index in [9.17, 15) is 0 Å². The topological polar surface area (TPSA) is 42.7 Å². The molecule has 0 bridgehead atoms. The van der Waals surface area contributed by atoms with Crippen molar-refractivity contribution in [3.8, 4) is 0 Å². The maximum atomic E-state index is 6.04. The molecule has 0 saturated carbocycles. The van der Waals surface area contributed by atoms with Gasteiger partial charge in [-0.1, -0.05) is 40.5 Å². The number of aryl methyl sites for hydroxylation is 1. The molecule has 0 spiro atoms. The van der Waals surface area contributed by atoms with Crippen molar-refractivity contribution in [2.24, 2.45) is 0 Å². The molecule has 1 N–H and O–H groups in total. The van der Waals surface area contributed by atoms with Gasteiger partial charge in [0.05, 0.1) is 0 Å². The fraction of sp³-hybridized carbons (Fsp3) is 0.467. The van der Waals surface area contributed by atoms with Crippen LogP contribution in [-0.2, 0) is 13.0 Å². The van der Waals surface area contributed by atoms with Gasteiger partial charge in [-0.15, -0.1) is 0 Å². The predicted octanol–water partition coefficient (Wildman–Crippen LogP) is 4.00. The van der Waals surface area contributed by atoms with Crippen LogP contribution in [-0.4, -0.2) is 21.3 Å². The minimum absolute atomic E-state index is 0.186. The number of benzene rings is 1. The van der Waals surface area contributed by atoms with Crippen molar-refractivity contribution in [1.82, 2.24) is 20.1 Å². The molecule has 1 atom stereocenters. The molecule has 0 fully saturated rings. The monoisotopic (exact) mass is 370 g/mol. The number of nitrogens with zero attached hydrogens (tertiary/aromatic N) is 3. The van der Waals surface area contributed by atoms with Crippen LogP contribution < -0.4 is 5.32 Å². The highest BCUT2D eigenvalue weighted by atomic mass is 79.9. The summed E-state index contributed by atoms with van der Waals surface area (Å²) in [5.74, 6) is 0.993. The lowest BCUT2D eigenvalue weighted by molar-refractivity contribution is 0.495. The van der Waals surface area contributed by atoms with Crippen LogP contribution in [0.5, 0.6) is 0 Å². The summed E-state index contributed by atoms with van der Waals surface area (Å²) in [6, 6.07) is 6.10. The van der Waals surface area contributed by atoms with Gasteiger partial charge in [-0.3, -0.25) is 4.68 Å². The van der Waals surface area contributed by atoms with E-state index in [1.165, 1.54) is 5.56 Å². The van der Waals surface area contributed by atoms with E-state index in [-0.39, 0.29) is 6.04 Å². The lowest BCUT2D eigenvalue weighted by atomic mass is 10.0. The van der Waals surface area contributed by atoms with Gasteiger partial charge in [0.15, 0.2) is 0 Å². The number of aromatic nitrogens is 3. The Kier molecular flexibility index (Phi) is 6.21. The summed E-state index contributed by atoms with van der Waals surface area (Å²) in [6.45, 7) is 6.03. The summed E-state index contributed by atoms with van der Waals surface area (Å²) >= 11 is 9.65. The van der Waals surface area contributed by atoms with Crippen LogP contribution >= 0.6 is 27.5 Å². The molecule has 21 heavy (non-hydrogen) atoms. The van der Waals surface area contributed by atoms with Crippen LogP contribution in [0, 0.1) is 0 Å². The fourth-order valence-corrected chi connectivity index (χ4v) is 3.25. The van der Waals surface area contributed by atoms with Gasteiger partial charge in [0.25, 0.3) is 0 Å². The first-order chi connectivity index (χ1) is 10.2. The quantitative estimate of drug-likeness (QED) is 0.800. The third kappa shape index (κ3) is 4.28. The number of hydrogen-bond donors (Lipinski definition) is 1. The van der Waals surface area contributed by atoms with Crippen molar-refractivity contribution in [3.63, 3.8) is 0 Å². The number of rotatable bonds is 7. The minimum atomic E-state index is 0.186. The van der Waals surface area contributed by atoms with Gasteiger partial charge in [-0.2, -0.15) is 5.10 Å². The largest absolute Gasteiger partial charge is 0.310 e. The van der Waals surface area contributed by atoms with Gasteiger partial charge in [0, 0.05) is 28.5 Å². The van der Waals surface area contributed by atoms with Gasteiger partial charge in [-0.25, -0.2) is 4.98 Å². The Labute approximate surface area is 139 Å². The summed E-state index contributed by atoms with van der Waals surface area (Å²) in [4.78, 5) is 4.38. The Morgan fingerprint density at radius 1 is 1.38 bits per heavy atom. The molecule has 2 rings (SSSR count). The van der Waals surface area contributed by atoms with E-state index in [1.54, 1.807) is 6.33 Å². The standard InChI is InChI=1S/C15H20BrClN4/c1-3-7-18-14(9-15-19-10-20-21(15)4-2)12-6-5-11(17)8-13(12)16/h5-6,8,10,14,18H,3-4,7,9H2,1-2H3. The minimum Gasteiger partial charge on any atom is -0.310 e. The van der Waals surface area contributed by atoms with E-state index in [0.717, 1.165) is 41.3 Å². The highest BCUT2D eigenvalue weighted by molar-refractivity contribution is 9.10. The molecule has 0 saturated heterocycles. The first kappa shape index (κ1) is 16.5. The molecule has 2 aromatic rings. The van der Waals surface area contributed by atoms with Gasteiger partial charge < -0.3 is 5.32 Å².